The van der Waals surface area contributed by atoms with E-state index in [0.717, 1.165) is 11.4 Å². The van der Waals surface area contributed by atoms with E-state index in [-0.39, 0.29) is 5.82 Å². The predicted molar refractivity (Wildman–Crippen MR) is 103 cm³/mol. The molecule has 140 valence electrons. The molecule has 0 bridgehead atoms. The molecule has 0 aliphatic carbocycles. The van der Waals surface area contributed by atoms with Crippen LogP contribution in [0.3, 0.4) is 0 Å². The Bertz CT molecular complexity index is 1080. The fourth-order valence-corrected chi connectivity index (χ4v) is 2.64. The van der Waals surface area contributed by atoms with Gasteiger partial charge in [0.2, 0.25) is 5.88 Å². The van der Waals surface area contributed by atoms with Gasteiger partial charge in [-0.25, -0.2) is 4.39 Å². The van der Waals surface area contributed by atoms with Crippen molar-refractivity contribution in [3.8, 4) is 23.1 Å². The maximum Gasteiger partial charge on any atom is 0.238 e. The molecule has 0 aliphatic heterocycles. The number of para-hydroxylation sites is 1. The second kappa shape index (κ2) is 7.92. The summed E-state index contributed by atoms with van der Waals surface area (Å²) in [6.45, 7) is 2.16. The molecule has 0 saturated carbocycles. The molecule has 0 radical (unpaired) electrons. The first-order valence-corrected chi connectivity index (χ1v) is 8.81. The first kappa shape index (κ1) is 17.7. The number of halogens is 1. The summed E-state index contributed by atoms with van der Waals surface area (Å²) in [5, 5.41) is 4.36. The average molecular weight is 375 g/mol. The van der Waals surface area contributed by atoms with Gasteiger partial charge in [-0.15, -0.1) is 5.10 Å². The molecule has 28 heavy (non-hydrogen) atoms. The minimum Gasteiger partial charge on any atom is -0.457 e. The van der Waals surface area contributed by atoms with Gasteiger partial charge in [0.05, 0.1) is 12.2 Å². The summed E-state index contributed by atoms with van der Waals surface area (Å²) in [5.41, 5.74) is 1.37. The third-order valence-electron chi connectivity index (χ3n) is 4.07. The van der Waals surface area contributed by atoms with E-state index in [2.05, 4.69) is 10.1 Å². The summed E-state index contributed by atoms with van der Waals surface area (Å²) in [4.78, 5) is 4.36. The van der Waals surface area contributed by atoms with Gasteiger partial charge in [-0.2, -0.15) is 0 Å². The lowest BCUT2D eigenvalue weighted by Gasteiger charge is -2.07. The van der Waals surface area contributed by atoms with Gasteiger partial charge >= 0.3 is 0 Å². The van der Waals surface area contributed by atoms with Crippen molar-refractivity contribution in [1.29, 1.82) is 0 Å². The standard InChI is InChI=1S/C22H18FN3O2/c1-16-7-8-19(14-21(16)23)28-22-10-12-26(25-22)15-17-13-20(9-11-24-17)27-18-5-3-2-4-6-18/h2-14H,15H2,1H3. The second-order valence-corrected chi connectivity index (χ2v) is 6.26. The van der Waals surface area contributed by atoms with Crippen LogP contribution in [0.5, 0.6) is 23.1 Å². The number of nitrogens with zero attached hydrogens (tertiary/aromatic N) is 3. The monoisotopic (exact) mass is 375 g/mol. The van der Waals surface area contributed by atoms with Crippen LogP contribution in [0.2, 0.25) is 0 Å². The molecule has 6 heteroatoms. The Morgan fingerprint density at radius 1 is 0.893 bits per heavy atom. The Morgan fingerprint density at radius 3 is 2.54 bits per heavy atom. The van der Waals surface area contributed by atoms with Crippen molar-refractivity contribution >= 4 is 0 Å². The maximum atomic E-state index is 13.6. The fourth-order valence-electron chi connectivity index (χ4n) is 2.64. The van der Waals surface area contributed by atoms with E-state index in [1.54, 1.807) is 48.3 Å². The van der Waals surface area contributed by atoms with Crippen LogP contribution in [0, 0.1) is 12.7 Å². The minimum absolute atomic E-state index is 0.309. The first-order valence-electron chi connectivity index (χ1n) is 8.81. The molecule has 2 heterocycles. The van der Waals surface area contributed by atoms with Crippen molar-refractivity contribution in [3.05, 3.63) is 96.2 Å². The van der Waals surface area contributed by atoms with Crippen molar-refractivity contribution in [3.63, 3.8) is 0 Å². The summed E-state index contributed by atoms with van der Waals surface area (Å²) in [6.07, 6.45) is 3.48. The van der Waals surface area contributed by atoms with Crippen LogP contribution >= 0.6 is 0 Å². The highest BCUT2D eigenvalue weighted by Crippen LogP contribution is 2.23. The zero-order valence-electron chi connectivity index (χ0n) is 15.2. The van der Waals surface area contributed by atoms with Crippen LogP contribution in [-0.2, 0) is 6.54 Å². The van der Waals surface area contributed by atoms with Gasteiger partial charge in [0.25, 0.3) is 0 Å². The molecule has 0 aliphatic rings. The molecule has 4 aromatic rings. The van der Waals surface area contributed by atoms with E-state index in [0.29, 0.717) is 29.5 Å². The van der Waals surface area contributed by atoms with Gasteiger partial charge in [0.15, 0.2) is 0 Å². The van der Waals surface area contributed by atoms with Gasteiger partial charge in [0, 0.05) is 30.6 Å². The van der Waals surface area contributed by atoms with Crippen molar-refractivity contribution in [1.82, 2.24) is 14.8 Å². The molecule has 2 aromatic heterocycles. The molecule has 0 fully saturated rings. The third-order valence-corrected chi connectivity index (χ3v) is 4.07. The zero-order valence-corrected chi connectivity index (χ0v) is 15.2. The number of ether oxygens (including phenoxy) is 2. The number of aromatic nitrogens is 3. The summed E-state index contributed by atoms with van der Waals surface area (Å²) < 4.78 is 26.8. The zero-order chi connectivity index (χ0) is 19.3. The molecule has 4 rings (SSSR count). The lowest BCUT2D eigenvalue weighted by molar-refractivity contribution is 0.445. The quantitative estimate of drug-likeness (QED) is 0.455. The minimum atomic E-state index is -0.309. The summed E-state index contributed by atoms with van der Waals surface area (Å²) in [6, 6.07) is 19.7. The average Bonchev–Trinajstić information content (AvgIpc) is 3.12. The van der Waals surface area contributed by atoms with E-state index >= 15 is 0 Å². The van der Waals surface area contributed by atoms with E-state index in [1.165, 1.54) is 6.07 Å². The molecule has 0 N–H and O–H groups in total. The van der Waals surface area contributed by atoms with Crippen LogP contribution in [0.1, 0.15) is 11.3 Å². The van der Waals surface area contributed by atoms with Crippen LogP contribution in [0.15, 0.2) is 79.1 Å². The van der Waals surface area contributed by atoms with Gasteiger partial charge < -0.3 is 9.47 Å². The smallest absolute Gasteiger partial charge is 0.238 e. The van der Waals surface area contributed by atoms with Crippen molar-refractivity contribution in [2.24, 2.45) is 0 Å². The molecular weight excluding hydrogens is 357 g/mol. The molecule has 0 unspecified atom stereocenters. The van der Waals surface area contributed by atoms with Crippen LogP contribution in [0.4, 0.5) is 4.39 Å². The fraction of sp³-hybridized carbons (Fsp3) is 0.0909. The SMILES string of the molecule is Cc1ccc(Oc2ccn(Cc3cc(Oc4ccccc4)ccn3)n2)cc1F. The van der Waals surface area contributed by atoms with Crippen molar-refractivity contribution in [2.45, 2.75) is 13.5 Å². The number of benzene rings is 2. The number of hydrogen-bond donors (Lipinski definition) is 0. The summed E-state index contributed by atoms with van der Waals surface area (Å²) >= 11 is 0. The Kier molecular flexibility index (Phi) is 5.01. The molecule has 2 aromatic carbocycles. The number of aryl methyl sites for hydroxylation is 1. The topological polar surface area (TPSA) is 49.2 Å². The van der Waals surface area contributed by atoms with Crippen LogP contribution in [-0.4, -0.2) is 14.8 Å². The van der Waals surface area contributed by atoms with Crippen LogP contribution < -0.4 is 9.47 Å². The van der Waals surface area contributed by atoms with Crippen molar-refractivity contribution < 1.29 is 13.9 Å². The number of rotatable bonds is 6. The van der Waals surface area contributed by atoms with E-state index in [1.807, 2.05) is 36.4 Å². The van der Waals surface area contributed by atoms with Crippen LogP contribution in [0.25, 0.3) is 0 Å². The lowest BCUT2D eigenvalue weighted by atomic mass is 10.2. The Morgan fingerprint density at radius 2 is 1.71 bits per heavy atom. The summed E-state index contributed by atoms with van der Waals surface area (Å²) in [5.74, 6) is 1.95. The maximum absolute atomic E-state index is 13.6. The van der Waals surface area contributed by atoms with Gasteiger partial charge in [0.1, 0.15) is 23.1 Å². The molecule has 0 atom stereocenters. The lowest BCUT2D eigenvalue weighted by Crippen LogP contribution is -2.02. The first-order chi connectivity index (χ1) is 13.7. The molecular formula is C22H18FN3O2. The Labute approximate surface area is 162 Å². The molecule has 0 amide bonds. The summed E-state index contributed by atoms with van der Waals surface area (Å²) in [7, 11) is 0. The van der Waals surface area contributed by atoms with E-state index < -0.39 is 0 Å². The molecule has 0 saturated heterocycles. The molecule has 5 nitrogen and oxygen atoms in total. The van der Waals surface area contributed by atoms with E-state index in [4.69, 9.17) is 9.47 Å². The van der Waals surface area contributed by atoms with E-state index in [9.17, 15) is 4.39 Å². The highest BCUT2D eigenvalue weighted by molar-refractivity contribution is 5.32. The van der Waals surface area contributed by atoms with Gasteiger partial charge in [-0.05, 0) is 36.8 Å². The van der Waals surface area contributed by atoms with Gasteiger partial charge in [-0.3, -0.25) is 9.67 Å². The normalized spacial score (nSPS) is 10.6. The predicted octanol–water partition coefficient (Wildman–Crippen LogP) is 5.36. The van der Waals surface area contributed by atoms with Gasteiger partial charge in [-0.1, -0.05) is 24.3 Å². The second-order valence-electron chi connectivity index (χ2n) is 6.26. The third kappa shape index (κ3) is 4.35. The highest BCUT2D eigenvalue weighted by Gasteiger charge is 2.06. The Balaban J connectivity index is 1.43. The molecule has 0 spiro atoms. The highest BCUT2D eigenvalue weighted by atomic mass is 19.1. The largest absolute Gasteiger partial charge is 0.457 e. The Hall–Kier alpha value is -3.67. The number of hydrogen-bond acceptors (Lipinski definition) is 4. The number of pyridine rings is 1. The van der Waals surface area contributed by atoms with Crippen molar-refractivity contribution in [2.75, 3.05) is 0 Å².